The van der Waals surface area contributed by atoms with Gasteiger partial charge in [0.1, 0.15) is 24.0 Å². The predicted molar refractivity (Wildman–Crippen MR) is 68.9 cm³/mol. The van der Waals surface area contributed by atoms with E-state index < -0.39 is 12.1 Å². The van der Waals surface area contributed by atoms with Gasteiger partial charge in [-0.2, -0.15) is 0 Å². The van der Waals surface area contributed by atoms with Gasteiger partial charge >= 0.3 is 5.97 Å². The van der Waals surface area contributed by atoms with Crippen LogP contribution in [0.3, 0.4) is 0 Å². The third-order valence-electron chi connectivity index (χ3n) is 2.14. The van der Waals surface area contributed by atoms with Gasteiger partial charge in [0, 0.05) is 11.6 Å². The largest absolute Gasteiger partial charge is 0.490 e. The molecule has 0 bridgehead atoms. The van der Waals surface area contributed by atoms with Crippen LogP contribution < -0.4 is 4.74 Å². The van der Waals surface area contributed by atoms with Crippen molar-refractivity contribution < 1.29 is 24.1 Å². The molecule has 1 atom stereocenters. The van der Waals surface area contributed by atoms with Crippen LogP contribution in [0.25, 0.3) is 0 Å². The maximum absolute atomic E-state index is 11.5. The SMILES string of the molecule is COC[C@@H](O)COc1cc(Br)ccc1C(=O)OC. The lowest BCUT2D eigenvalue weighted by Crippen LogP contribution is -2.23. The molecule has 0 saturated carbocycles. The molecule has 1 rings (SSSR count). The average molecular weight is 319 g/mol. The second kappa shape index (κ2) is 7.35. The van der Waals surface area contributed by atoms with Gasteiger partial charge in [-0.15, -0.1) is 0 Å². The van der Waals surface area contributed by atoms with Crippen LogP contribution >= 0.6 is 15.9 Å². The summed E-state index contributed by atoms with van der Waals surface area (Å²) in [6.45, 7) is 0.204. The Morgan fingerprint density at radius 3 is 2.72 bits per heavy atom. The highest BCUT2D eigenvalue weighted by Crippen LogP contribution is 2.24. The van der Waals surface area contributed by atoms with Crippen molar-refractivity contribution in [1.29, 1.82) is 0 Å². The minimum absolute atomic E-state index is 0.0360. The average Bonchev–Trinajstić information content (AvgIpc) is 2.36. The van der Waals surface area contributed by atoms with Crippen LogP contribution in [0, 0.1) is 0 Å². The molecule has 0 aliphatic rings. The molecule has 0 spiro atoms. The highest BCUT2D eigenvalue weighted by molar-refractivity contribution is 9.10. The van der Waals surface area contributed by atoms with Crippen LogP contribution in [-0.4, -0.2) is 44.6 Å². The van der Waals surface area contributed by atoms with E-state index in [-0.39, 0.29) is 13.2 Å². The standard InChI is InChI=1S/C12H15BrO5/c1-16-6-9(14)7-18-11-5-8(13)3-4-10(11)12(15)17-2/h3-5,9,14H,6-7H2,1-2H3/t9-/m1/s1. The number of aliphatic hydroxyl groups excluding tert-OH is 1. The lowest BCUT2D eigenvalue weighted by atomic mass is 10.2. The molecule has 0 heterocycles. The molecular weight excluding hydrogens is 304 g/mol. The van der Waals surface area contributed by atoms with E-state index in [1.54, 1.807) is 18.2 Å². The molecule has 1 N–H and O–H groups in total. The number of carbonyl (C=O) groups is 1. The fourth-order valence-corrected chi connectivity index (χ4v) is 1.66. The smallest absolute Gasteiger partial charge is 0.341 e. The van der Waals surface area contributed by atoms with Crippen LogP contribution in [0.4, 0.5) is 0 Å². The van der Waals surface area contributed by atoms with E-state index in [1.807, 2.05) is 0 Å². The van der Waals surface area contributed by atoms with Crippen LogP contribution in [-0.2, 0) is 9.47 Å². The van der Waals surface area contributed by atoms with Crippen molar-refractivity contribution in [2.45, 2.75) is 6.10 Å². The van der Waals surface area contributed by atoms with Crippen LogP contribution in [0.5, 0.6) is 5.75 Å². The van der Waals surface area contributed by atoms with Crippen molar-refractivity contribution in [2.24, 2.45) is 0 Å². The monoisotopic (exact) mass is 318 g/mol. The van der Waals surface area contributed by atoms with E-state index >= 15 is 0 Å². The van der Waals surface area contributed by atoms with Gasteiger partial charge in [0.25, 0.3) is 0 Å². The van der Waals surface area contributed by atoms with Gasteiger partial charge in [-0.3, -0.25) is 0 Å². The topological polar surface area (TPSA) is 65.0 Å². The highest BCUT2D eigenvalue weighted by atomic mass is 79.9. The Labute approximate surface area is 114 Å². The summed E-state index contributed by atoms with van der Waals surface area (Å²) < 4.78 is 15.6. The number of halogens is 1. The highest BCUT2D eigenvalue weighted by Gasteiger charge is 2.14. The van der Waals surface area contributed by atoms with Gasteiger partial charge in [-0.05, 0) is 18.2 Å². The van der Waals surface area contributed by atoms with Crippen molar-refractivity contribution in [2.75, 3.05) is 27.4 Å². The first-order valence-electron chi connectivity index (χ1n) is 5.26. The first-order chi connectivity index (χ1) is 8.58. The Hall–Kier alpha value is -1.11. The zero-order chi connectivity index (χ0) is 13.5. The van der Waals surface area contributed by atoms with Crippen LogP contribution in [0.15, 0.2) is 22.7 Å². The molecule has 0 aliphatic heterocycles. The first-order valence-corrected chi connectivity index (χ1v) is 6.05. The van der Waals surface area contributed by atoms with Gasteiger partial charge in [-0.25, -0.2) is 4.79 Å². The second-order valence-corrected chi connectivity index (χ2v) is 4.47. The normalized spacial score (nSPS) is 12.0. The summed E-state index contributed by atoms with van der Waals surface area (Å²) in [6.07, 6.45) is -0.750. The Morgan fingerprint density at radius 2 is 2.11 bits per heavy atom. The maximum atomic E-state index is 11.5. The zero-order valence-electron chi connectivity index (χ0n) is 10.2. The van der Waals surface area contributed by atoms with Gasteiger partial charge in [0.2, 0.25) is 0 Å². The molecule has 0 radical (unpaired) electrons. The first kappa shape index (κ1) is 14.9. The molecular formula is C12H15BrO5. The molecule has 0 saturated heterocycles. The molecule has 1 aromatic carbocycles. The molecule has 0 aromatic heterocycles. The summed E-state index contributed by atoms with van der Waals surface area (Å²) in [5, 5.41) is 9.49. The van der Waals surface area contributed by atoms with Gasteiger partial charge in [0.05, 0.1) is 13.7 Å². The third kappa shape index (κ3) is 4.29. The fourth-order valence-electron chi connectivity index (χ4n) is 1.32. The molecule has 1 aromatic rings. The summed E-state index contributed by atoms with van der Waals surface area (Å²) in [6, 6.07) is 4.95. The number of benzene rings is 1. The third-order valence-corrected chi connectivity index (χ3v) is 2.63. The van der Waals surface area contributed by atoms with Crippen molar-refractivity contribution in [3.63, 3.8) is 0 Å². The number of hydrogen-bond donors (Lipinski definition) is 1. The molecule has 18 heavy (non-hydrogen) atoms. The van der Waals surface area contributed by atoms with E-state index in [1.165, 1.54) is 14.2 Å². The predicted octanol–water partition coefficient (Wildman–Crippen LogP) is 1.62. The number of methoxy groups -OCH3 is 2. The minimum atomic E-state index is -0.750. The Morgan fingerprint density at radius 1 is 1.39 bits per heavy atom. The summed E-state index contributed by atoms with van der Waals surface area (Å²) in [7, 11) is 2.79. The summed E-state index contributed by atoms with van der Waals surface area (Å²) >= 11 is 3.29. The van der Waals surface area contributed by atoms with E-state index in [0.29, 0.717) is 11.3 Å². The number of esters is 1. The van der Waals surface area contributed by atoms with Crippen molar-refractivity contribution in [3.05, 3.63) is 28.2 Å². The number of carbonyl (C=O) groups excluding carboxylic acids is 1. The molecule has 0 unspecified atom stereocenters. The van der Waals surface area contributed by atoms with Crippen molar-refractivity contribution >= 4 is 21.9 Å². The summed E-state index contributed by atoms with van der Waals surface area (Å²) in [5.41, 5.74) is 0.310. The summed E-state index contributed by atoms with van der Waals surface area (Å²) in [4.78, 5) is 11.5. The van der Waals surface area contributed by atoms with E-state index in [4.69, 9.17) is 9.47 Å². The summed E-state index contributed by atoms with van der Waals surface area (Å²) in [5.74, 6) is -0.134. The van der Waals surface area contributed by atoms with Gasteiger partial charge < -0.3 is 19.3 Å². The second-order valence-electron chi connectivity index (χ2n) is 3.55. The Kier molecular flexibility index (Phi) is 6.11. The zero-order valence-corrected chi connectivity index (χ0v) is 11.8. The Balaban J connectivity index is 2.79. The molecule has 6 heteroatoms. The maximum Gasteiger partial charge on any atom is 0.341 e. The molecule has 0 amide bonds. The van der Waals surface area contributed by atoms with E-state index in [0.717, 1.165) is 4.47 Å². The fraction of sp³-hybridized carbons (Fsp3) is 0.417. The molecule has 0 fully saturated rings. The Bertz CT molecular complexity index is 407. The molecule has 0 aliphatic carbocycles. The van der Waals surface area contributed by atoms with Gasteiger partial charge in [-0.1, -0.05) is 15.9 Å². The minimum Gasteiger partial charge on any atom is -0.490 e. The lowest BCUT2D eigenvalue weighted by molar-refractivity contribution is 0.0316. The van der Waals surface area contributed by atoms with Crippen molar-refractivity contribution in [1.82, 2.24) is 0 Å². The van der Waals surface area contributed by atoms with Crippen LogP contribution in [0.2, 0.25) is 0 Å². The number of hydrogen-bond acceptors (Lipinski definition) is 5. The molecule has 100 valence electrons. The van der Waals surface area contributed by atoms with E-state index in [2.05, 4.69) is 20.7 Å². The quantitative estimate of drug-likeness (QED) is 0.807. The van der Waals surface area contributed by atoms with Crippen molar-refractivity contribution in [3.8, 4) is 5.75 Å². The molecule has 5 nitrogen and oxygen atoms in total. The van der Waals surface area contributed by atoms with E-state index in [9.17, 15) is 9.90 Å². The van der Waals surface area contributed by atoms with Gasteiger partial charge in [0.15, 0.2) is 0 Å². The van der Waals surface area contributed by atoms with Crippen LogP contribution in [0.1, 0.15) is 10.4 Å². The number of ether oxygens (including phenoxy) is 3. The number of rotatable bonds is 6. The number of aliphatic hydroxyl groups is 1. The lowest BCUT2D eigenvalue weighted by Gasteiger charge is -2.14.